The summed E-state index contributed by atoms with van der Waals surface area (Å²) < 4.78 is 44.6. The molecule has 11 heteroatoms. The summed E-state index contributed by atoms with van der Waals surface area (Å²) >= 11 is 6.18. The highest BCUT2D eigenvalue weighted by Gasteiger charge is 2.38. The van der Waals surface area contributed by atoms with E-state index in [1.165, 1.54) is 32.4 Å². The summed E-state index contributed by atoms with van der Waals surface area (Å²) in [6, 6.07) is 11.9. The highest BCUT2D eigenvalue weighted by Crippen LogP contribution is 2.30. The van der Waals surface area contributed by atoms with Crippen LogP contribution in [0.3, 0.4) is 0 Å². The van der Waals surface area contributed by atoms with E-state index in [0.29, 0.717) is 27.6 Å². The molecule has 0 unspecified atom stereocenters. The largest absolute Gasteiger partial charge is 0.478 e. The van der Waals surface area contributed by atoms with Gasteiger partial charge in [-0.3, -0.25) is 9.13 Å². The number of carboxylic acid groups (broad SMARTS) is 1. The molecule has 3 heterocycles. The van der Waals surface area contributed by atoms with Gasteiger partial charge in [0.2, 0.25) is 0 Å². The third-order valence-electron chi connectivity index (χ3n) is 6.01. The average Bonchev–Trinajstić information content (AvgIpc) is 3.31. The molecule has 2 aromatic heterocycles. The van der Waals surface area contributed by atoms with Crippen LogP contribution in [-0.4, -0.2) is 44.2 Å². The SMILES string of the molecule is O=C(O)c1cccc(Cn2c(=O)n(-c3ccc(N4CCC(F)(F)C4)nc3)c3cc(Cl)ccc32)c1F. The summed E-state index contributed by atoms with van der Waals surface area (Å²) in [5.74, 6) is -4.73. The normalized spacial score (nSPS) is 15.1. The number of rotatable bonds is 5. The number of benzene rings is 2. The van der Waals surface area contributed by atoms with Gasteiger partial charge in [-0.25, -0.2) is 27.7 Å². The van der Waals surface area contributed by atoms with Crippen LogP contribution in [0.5, 0.6) is 0 Å². The Labute approximate surface area is 201 Å². The lowest BCUT2D eigenvalue weighted by atomic mass is 10.1. The summed E-state index contributed by atoms with van der Waals surface area (Å²) in [4.78, 5) is 30.5. The first-order valence-corrected chi connectivity index (χ1v) is 11.0. The van der Waals surface area contributed by atoms with Gasteiger partial charge < -0.3 is 10.0 Å². The predicted molar refractivity (Wildman–Crippen MR) is 125 cm³/mol. The molecule has 1 fully saturated rings. The highest BCUT2D eigenvalue weighted by atomic mass is 35.5. The van der Waals surface area contributed by atoms with Gasteiger partial charge in [0.15, 0.2) is 0 Å². The first-order valence-electron chi connectivity index (χ1n) is 10.7. The van der Waals surface area contributed by atoms with Crippen LogP contribution in [0.2, 0.25) is 5.02 Å². The summed E-state index contributed by atoms with van der Waals surface area (Å²) in [6.45, 7) is -0.463. The molecule has 7 nitrogen and oxygen atoms in total. The van der Waals surface area contributed by atoms with Crippen LogP contribution in [0.4, 0.5) is 19.0 Å². The van der Waals surface area contributed by atoms with E-state index in [1.807, 2.05) is 0 Å². The second-order valence-corrected chi connectivity index (χ2v) is 8.76. The van der Waals surface area contributed by atoms with Crippen molar-refractivity contribution in [1.82, 2.24) is 14.1 Å². The molecule has 1 aliphatic heterocycles. The maximum Gasteiger partial charge on any atom is 0.338 e. The third-order valence-corrected chi connectivity index (χ3v) is 6.25. The van der Waals surface area contributed by atoms with Crippen LogP contribution in [-0.2, 0) is 6.54 Å². The minimum Gasteiger partial charge on any atom is -0.478 e. The molecule has 0 bridgehead atoms. The van der Waals surface area contributed by atoms with Crippen molar-refractivity contribution in [1.29, 1.82) is 0 Å². The number of fused-ring (bicyclic) bond motifs is 1. The molecule has 2 aromatic carbocycles. The van der Waals surface area contributed by atoms with E-state index in [4.69, 9.17) is 11.6 Å². The number of hydrogen-bond donors (Lipinski definition) is 1. The van der Waals surface area contributed by atoms with Crippen LogP contribution < -0.4 is 10.6 Å². The Bertz CT molecular complexity index is 1520. The second-order valence-electron chi connectivity index (χ2n) is 8.32. The molecule has 5 rings (SSSR count). The van der Waals surface area contributed by atoms with E-state index in [0.717, 1.165) is 6.07 Å². The molecule has 0 atom stereocenters. The second kappa shape index (κ2) is 8.46. The summed E-state index contributed by atoms with van der Waals surface area (Å²) in [5.41, 5.74) is 0.265. The van der Waals surface area contributed by atoms with Gasteiger partial charge in [-0.2, -0.15) is 0 Å². The van der Waals surface area contributed by atoms with E-state index < -0.39 is 35.5 Å². The molecule has 0 radical (unpaired) electrons. The van der Waals surface area contributed by atoms with Crippen molar-refractivity contribution in [3.05, 3.63) is 87.2 Å². The first kappa shape index (κ1) is 23.0. The maximum absolute atomic E-state index is 14.8. The Morgan fingerprint density at radius 2 is 1.94 bits per heavy atom. The van der Waals surface area contributed by atoms with Gasteiger partial charge in [-0.05, 0) is 36.4 Å². The minimum atomic E-state index is -2.77. The average molecular weight is 503 g/mol. The molecule has 0 amide bonds. The number of carboxylic acids is 1. The number of imidazole rings is 1. The Morgan fingerprint density at radius 3 is 2.60 bits per heavy atom. The fraction of sp³-hybridized carbons (Fsp3) is 0.208. The molecule has 1 aliphatic rings. The lowest BCUT2D eigenvalue weighted by Gasteiger charge is -2.17. The molecular weight excluding hydrogens is 485 g/mol. The number of hydrogen-bond acceptors (Lipinski definition) is 4. The number of anilines is 1. The van der Waals surface area contributed by atoms with Crippen molar-refractivity contribution in [3.8, 4) is 5.69 Å². The zero-order valence-corrected chi connectivity index (χ0v) is 18.8. The lowest BCUT2D eigenvalue weighted by molar-refractivity contribution is 0.0256. The van der Waals surface area contributed by atoms with Crippen molar-refractivity contribution in [2.24, 2.45) is 0 Å². The Morgan fingerprint density at radius 1 is 1.14 bits per heavy atom. The van der Waals surface area contributed by atoms with E-state index in [1.54, 1.807) is 30.3 Å². The van der Waals surface area contributed by atoms with Crippen LogP contribution >= 0.6 is 11.6 Å². The van der Waals surface area contributed by atoms with Crippen molar-refractivity contribution in [3.63, 3.8) is 0 Å². The van der Waals surface area contributed by atoms with Crippen molar-refractivity contribution < 1.29 is 23.1 Å². The number of carbonyl (C=O) groups is 1. The maximum atomic E-state index is 14.8. The molecule has 35 heavy (non-hydrogen) atoms. The number of alkyl halides is 2. The number of aromatic carboxylic acids is 1. The van der Waals surface area contributed by atoms with E-state index in [2.05, 4.69) is 4.98 Å². The monoisotopic (exact) mass is 502 g/mol. The van der Waals surface area contributed by atoms with Crippen molar-refractivity contribution >= 4 is 34.4 Å². The van der Waals surface area contributed by atoms with Gasteiger partial charge in [-0.15, -0.1) is 0 Å². The first-order chi connectivity index (χ1) is 16.6. The number of halogens is 4. The van der Waals surface area contributed by atoms with Gasteiger partial charge >= 0.3 is 11.7 Å². The van der Waals surface area contributed by atoms with E-state index in [9.17, 15) is 27.9 Å². The van der Waals surface area contributed by atoms with E-state index >= 15 is 0 Å². The highest BCUT2D eigenvalue weighted by molar-refractivity contribution is 6.31. The minimum absolute atomic E-state index is 0.0319. The summed E-state index contributed by atoms with van der Waals surface area (Å²) in [5, 5.41) is 9.58. The molecule has 180 valence electrons. The van der Waals surface area contributed by atoms with Gasteiger partial charge in [-0.1, -0.05) is 23.7 Å². The van der Waals surface area contributed by atoms with Crippen LogP contribution in [0, 0.1) is 5.82 Å². The number of aromatic nitrogens is 3. The Balaban J connectivity index is 1.59. The third kappa shape index (κ3) is 4.14. The predicted octanol–water partition coefficient (Wildman–Crippen LogP) is 4.57. The molecule has 0 saturated carbocycles. The molecule has 0 spiro atoms. The fourth-order valence-electron chi connectivity index (χ4n) is 4.30. The lowest BCUT2D eigenvalue weighted by Crippen LogP contribution is -2.26. The molecule has 0 aliphatic carbocycles. The van der Waals surface area contributed by atoms with Crippen LogP contribution in [0.25, 0.3) is 16.7 Å². The van der Waals surface area contributed by atoms with Gasteiger partial charge in [0.1, 0.15) is 11.6 Å². The molecular formula is C24H18ClF3N4O3. The van der Waals surface area contributed by atoms with Crippen molar-refractivity contribution in [2.75, 3.05) is 18.0 Å². The standard InChI is InChI=1S/C24H18ClF3N4O3/c25-15-4-6-18-19(10-15)32(16-5-7-20(29-11-16)30-9-8-24(27,28)13-30)23(35)31(18)12-14-2-1-3-17(21(14)26)22(33)34/h1-7,10-11H,8-9,12-13H2,(H,33,34). The topological polar surface area (TPSA) is 80.4 Å². The number of pyridine rings is 1. The van der Waals surface area contributed by atoms with Gasteiger partial charge in [0.25, 0.3) is 5.92 Å². The van der Waals surface area contributed by atoms with Crippen LogP contribution in [0.15, 0.2) is 59.5 Å². The zero-order chi connectivity index (χ0) is 24.9. The van der Waals surface area contributed by atoms with Gasteiger partial charge in [0.05, 0.1) is 41.6 Å². The number of nitrogens with zero attached hydrogens (tertiary/aromatic N) is 4. The molecule has 4 aromatic rings. The van der Waals surface area contributed by atoms with Crippen molar-refractivity contribution in [2.45, 2.75) is 18.9 Å². The van der Waals surface area contributed by atoms with Crippen LogP contribution in [0.1, 0.15) is 22.3 Å². The van der Waals surface area contributed by atoms with E-state index in [-0.39, 0.29) is 25.1 Å². The smallest absolute Gasteiger partial charge is 0.338 e. The Kier molecular flexibility index (Phi) is 5.55. The summed E-state index contributed by atoms with van der Waals surface area (Å²) in [7, 11) is 0. The fourth-order valence-corrected chi connectivity index (χ4v) is 4.47. The Hall–Kier alpha value is -3.79. The molecule has 1 saturated heterocycles. The quantitative estimate of drug-likeness (QED) is 0.432. The zero-order valence-electron chi connectivity index (χ0n) is 18.1. The van der Waals surface area contributed by atoms with Gasteiger partial charge in [0, 0.05) is 23.6 Å². The summed E-state index contributed by atoms with van der Waals surface area (Å²) in [6.07, 6.45) is 1.16. The molecule has 1 N–H and O–H groups in total.